The molecule has 0 aromatic heterocycles. The molecule has 30 heavy (non-hydrogen) atoms. The van der Waals surface area contributed by atoms with Gasteiger partial charge < -0.3 is 12.3 Å². The van der Waals surface area contributed by atoms with E-state index in [1.807, 2.05) is 5.92 Å². The van der Waals surface area contributed by atoms with Crippen LogP contribution in [0.4, 0.5) is 0 Å². The van der Waals surface area contributed by atoms with Crippen molar-refractivity contribution in [2.45, 2.75) is 6.92 Å². The number of hydrogen-bond acceptors (Lipinski definition) is 0. The summed E-state index contributed by atoms with van der Waals surface area (Å²) in [6, 6.07) is 21.2. The summed E-state index contributed by atoms with van der Waals surface area (Å²) in [5.41, 5.74) is 0. The summed E-state index contributed by atoms with van der Waals surface area (Å²) in [5, 5.41) is 2.79. The van der Waals surface area contributed by atoms with E-state index >= 15 is 0 Å². The molecule has 2 aromatic rings. The van der Waals surface area contributed by atoms with Gasteiger partial charge in [-0.3, -0.25) is 0 Å². The molecule has 6 nitrogen and oxygen atoms in total. The molecule has 0 saturated carbocycles. The monoisotopic (exact) mass is 505 g/mol. The van der Waals surface area contributed by atoms with Crippen LogP contribution >= 0.6 is 8.58 Å². The molecule has 0 aliphatic carbocycles. The van der Waals surface area contributed by atoms with E-state index in [2.05, 4.69) is 101 Å². The Kier molecular flexibility index (Phi) is 121. The molecule has 0 unspecified atom stereocenters. The van der Waals surface area contributed by atoms with Crippen LogP contribution in [0.15, 0.2) is 60.7 Å². The average Bonchev–Trinajstić information content (AvgIpc) is 2.84. The van der Waals surface area contributed by atoms with E-state index in [0.29, 0.717) is 0 Å². The molecule has 0 aliphatic rings. The Morgan fingerprint density at radius 2 is 0.700 bits per heavy atom. The molecule has 2 aromatic carbocycles. The third kappa shape index (κ3) is 50.1. The maximum absolute atomic E-state index is 7.50. The molecular weight excluding hydrogens is 491 g/mol. The van der Waals surface area contributed by atoms with Gasteiger partial charge in [0.1, 0.15) is 0 Å². The van der Waals surface area contributed by atoms with Gasteiger partial charge in [-0.25, -0.2) is 0 Å². The van der Waals surface area contributed by atoms with Crippen LogP contribution < -0.4 is 10.6 Å². The van der Waals surface area contributed by atoms with Crippen LogP contribution in [0, 0.1) is 52.2 Å². The van der Waals surface area contributed by atoms with Gasteiger partial charge in [-0.05, 0) is 17.5 Å². The number of hydrogen-bond donors (Lipinski definition) is 0. The molecule has 0 spiro atoms. The molecule has 0 atom stereocenters. The minimum atomic E-state index is 0. The van der Waals surface area contributed by atoms with Crippen LogP contribution in [0.1, 0.15) is 6.92 Å². The molecule has 0 aliphatic heterocycles. The Morgan fingerprint density at radius 3 is 0.867 bits per heavy atom. The maximum atomic E-state index is 7.50. The molecule has 2 rings (SSSR count). The van der Waals surface area contributed by atoms with Crippen molar-refractivity contribution in [1.82, 2.24) is 0 Å². The van der Waals surface area contributed by atoms with Gasteiger partial charge in [-0.2, -0.15) is 0 Å². The average molecular weight is 505 g/mol. The summed E-state index contributed by atoms with van der Waals surface area (Å²) in [4.78, 5) is 0. The SMILES string of the molecule is [C-]#CC.[C-]#[O+].[C-]#[O+].[C-]#[O+].[C-]#[O+].[C-]#[O+].[C-]#[O+].[Fe].[Fe].c1ccc(Pc2ccccc2)cc1. The molecule has 156 valence electrons. The van der Waals surface area contributed by atoms with E-state index in [0.717, 1.165) is 8.58 Å². The summed E-state index contributed by atoms with van der Waals surface area (Å²) in [5.74, 6) is 2.00. The summed E-state index contributed by atoms with van der Waals surface area (Å²) in [6.45, 7) is 28.5. The quantitative estimate of drug-likeness (QED) is 0.196. The second kappa shape index (κ2) is 71.4. The fourth-order valence-electron chi connectivity index (χ4n) is 1.21. The van der Waals surface area contributed by atoms with Gasteiger partial charge in [0.25, 0.3) is 0 Å². The molecule has 0 amide bonds. The first kappa shape index (κ1) is 51.0. The smallest absolute Gasteiger partial charge is 0 e. The van der Waals surface area contributed by atoms with Crippen LogP contribution in [0.25, 0.3) is 0 Å². The minimum Gasteiger partial charge on any atom is -0.0622 e. The molecule has 0 saturated heterocycles. The van der Waals surface area contributed by atoms with Crippen molar-refractivity contribution in [3.63, 3.8) is 0 Å². The number of benzene rings is 2. The van der Waals surface area contributed by atoms with Gasteiger partial charge in [-0.1, -0.05) is 69.2 Å². The van der Waals surface area contributed by atoms with Crippen molar-refractivity contribution in [3.8, 4) is 5.92 Å². The first-order chi connectivity index (χ1) is 13.9. The summed E-state index contributed by atoms with van der Waals surface area (Å²) in [7, 11) is 0.777. The molecule has 9 heteroatoms. The minimum absolute atomic E-state index is 0. The fourth-order valence-corrected chi connectivity index (χ4v) is 2.26. The van der Waals surface area contributed by atoms with Crippen molar-refractivity contribution < 1.29 is 62.1 Å². The Hall–Kier alpha value is -2.09. The molecule has 0 fully saturated rings. The molecule has 0 bridgehead atoms. The second-order valence-electron chi connectivity index (χ2n) is 3.11. The van der Waals surface area contributed by atoms with Gasteiger partial charge in [-0.15, -0.1) is 0 Å². The normalized spacial score (nSPS) is 4.93. The van der Waals surface area contributed by atoms with Crippen molar-refractivity contribution in [2.24, 2.45) is 0 Å². The Balaban J connectivity index is -0.0000000408. The predicted molar refractivity (Wildman–Crippen MR) is 96.8 cm³/mol. The number of rotatable bonds is 2. The van der Waals surface area contributed by atoms with Crippen LogP contribution in [-0.2, 0) is 62.1 Å². The predicted octanol–water partition coefficient (Wildman–Crippen LogP) is 2.68. The van der Waals surface area contributed by atoms with Gasteiger partial charge in [0.05, 0.1) is 0 Å². The largest absolute Gasteiger partial charge is 0.0622 e. The van der Waals surface area contributed by atoms with Gasteiger partial charge in [0, 0.05) is 34.1 Å². The second-order valence-corrected chi connectivity index (χ2v) is 4.51. The van der Waals surface area contributed by atoms with E-state index in [1.54, 1.807) is 6.92 Å². The first-order valence-electron chi connectivity index (χ1n) is 6.30. The summed E-state index contributed by atoms with van der Waals surface area (Å²) in [6.07, 6.45) is 5.96. The van der Waals surface area contributed by atoms with Crippen molar-refractivity contribution >= 4 is 19.2 Å². The van der Waals surface area contributed by atoms with E-state index in [1.165, 1.54) is 10.6 Å². The summed E-state index contributed by atoms with van der Waals surface area (Å²) >= 11 is 0. The molecular formula is C21H14Fe2O6P-. The fraction of sp³-hybridized carbons (Fsp3) is 0.0476. The maximum Gasteiger partial charge on any atom is 0 e. The van der Waals surface area contributed by atoms with Gasteiger partial charge in [0.15, 0.2) is 0 Å². The van der Waals surface area contributed by atoms with Crippen molar-refractivity contribution in [3.05, 3.63) is 107 Å². The Morgan fingerprint density at radius 1 is 0.533 bits per heavy atom. The molecule has 0 N–H and O–H groups in total. The standard InChI is InChI=1S/C12H11P.C3H3.6CO.2Fe/c1-3-7-11(8-4-1)13-12-9-5-2-6-10-12;1-3-2;6*1-2;;/h1-10,13H;1H3;;;;;;;;/q;-1;;;;;;;;. The zero-order chi connectivity index (χ0) is 23.6. The van der Waals surface area contributed by atoms with Crippen LogP contribution in [0.5, 0.6) is 0 Å². The molecule has 0 radical (unpaired) electrons. The molecule has 0 heterocycles. The van der Waals surface area contributed by atoms with Crippen LogP contribution in [-0.4, -0.2) is 0 Å². The van der Waals surface area contributed by atoms with E-state index in [9.17, 15) is 0 Å². The Labute approximate surface area is 200 Å². The van der Waals surface area contributed by atoms with Crippen molar-refractivity contribution in [1.29, 1.82) is 0 Å². The van der Waals surface area contributed by atoms with E-state index < -0.39 is 0 Å². The Bertz CT molecular complexity index is 604. The zero-order valence-corrected chi connectivity index (χ0v) is 18.6. The zero-order valence-electron chi connectivity index (χ0n) is 15.4. The van der Waals surface area contributed by atoms with Gasteiger partial charge in [0.2, 0.25) is 0 Å². The summed E-state index contributed by atoms with van der Waals surface area (Å²) < 4.78 is 45.0. The van der Waals surface area contributed by atoms with E-state index in [-0.39, 0.29) is 34.1 Å². The van der Waals surface area contributed by atoms with E-state index in [4.69, 9.17) is 34.3 Å². The van der Waals surface area contributed by atoms with Crippen LogP contribution in [0.2, 0.25) is 0 Å². The van der Waals surface area contributed by atoms with Crippen molar-refractivity contribution in [2.75, 3.05) is 0 Å². The third-order valence-corrected chi connectivity index (χ3v) is 3.08. The van der Waals surface area contributed by atoms with Gasteiger partial charge >= 0.3 is 67.8 Å². The topological polar surface area (TPSA) is 119 Å². The third-order valence-electron chi connectivity index (χ3n) is 1.84. The van der Waals surface area contributed by atoms with Crippen LogP contribution in [0.3, 0.4) is 0 Å². The first-order valence-corrected chi connectivity index (χ1v) is 7.30.